The molecule has 0 saturated heterocycles. The minimum atomic E-state index is -3.23. The minimum Gasteiger partial charge on any atom is -0.385 e. The van der Waals surface area contributed by atoms with Crippen LogP contribution in [0.1, 0.15) is 74.1 Å². The number of nitrogens with zero attached hydrogens (tertiary/aromatic N) is 1. The van der Waals surface area contributed by atoms with Gasteiger partial charge in [-0.3, -0.25) is 14.5 Å². The summed E-state index contributed by atoms with van der Waals surface area (Å²) in [5, 5.41) is 2.97. The lowest BCUT2D eigenvalue weighted by atomic mass is 9.86. The van der Waals surface area contributed by atoms with Gasteiger partial charge in [0.25, 0.3) is 11.8 Å². The number of fused-ring (bicyclic) bond motifs is 1. The van der Waals surface area contributed by atoms with Crippen LogP contribution in [0.15, 0.2) is 18.2 Å². The monoisotopic (exact) mass is 421 g/mol. The first-order valence-electron chi connectivity index (χ1n) is 10.4. The Bertz CT molecular complexity index is 887. The van der Waals surface area contributed by atoms with Crippen molar-refractivity contribution in [2.45, 2.75) is 70.7 Å². The third kappa shape index (κ3) is 4.64. The van der Waals surface area contributed by atoms with E-state index in [9.17, 15) is 18.0 Å². The van der Waals surface area contributed by atoms with Crippen molar-refractivity contribution < 1.29 is 18.0 Å². The number of rotatable bonds is 7. The molecular formula is C21H31N3O4S. The van der Waals surface area contributed by atoms with Gasteiger partial charge < -0.3 is 5.32 Å². The standard InChI is InChI=1S/C21H31N3O4S/c1-13(2)24-20(25)18-10-9-17(11-19(18)21(24)26)22-12-15-5-7-16(8-6-15)23-29(27,28)14(3)4/h9-11,13-16,22-23H,5-8,12H2,1-4H3. The summed E-state index contributed by atoms with van der Waals surface area (Å²) in [6.07, 6.45) is 3.56. The highest BCUT2D eigenvalue weighted by molar-refractivity contribution is 7.90. The molecule has 1 fully saturated rings. The maximum Gasteiger partial charge on any atom is 0.261 e. The fourth-order valence-electron chi connectivity index (χ4n) is 3.95. The number of hydrogen-bond acceptors (Lipinski definition) is 5. The quantitative estimate of drug-likeness (QED) is 0.660. The second-order valence-corrected chi connectivity index (χ2v) is 10.9. The van der Waals surface area contributed by atoms with Crippen LogP contribution < -0.4 is 10.0 Å². The first-order chi connectivity index (χ1) is 13.6. The fourth-order valence-corrected chi connectivity index (χ4v) is 4.93. The van der Waals surface area contributed by atoms with Crippen molar-refractivity contribution in [1.29, 1.82) is 0 Å². The maximum absolute atomic E-state index is 12.5. The van der Waals surface area contributed by atoms with Gasteiger partial charge in [-0.25, -0.2) is 13.1 Å². The molecule has 0 bridgehead atoms. The van der Waals surface area contributed by atoms with Crippen molar-refractivity contribution in [3.8, 4) is 0 Å². The summed E-state index contributed by atoms with van der Waals surface area (Å²) in [6, 6.07) is 5.18. The Kier molecular flexibility index (Phi) is 6.33. The first-order valence-corrected chi connectivity index (χ1v) is 11.9. The van der Waals surface area contributed by atoms with Gasteiger partial charge in [0.2, 0.25) is 10.0 Å². The van der Waals surface area contributed by atoms with Crippen molar-refractivity contribution in [2.24, 2.45) is 5.92 Å². The average Bonchev–Trinajstić information content (AvgIpc) is 2.91. The van der Waals surface area contributed by atoms with E-state index >= 15 is 0 Å². The zero-order valence-corrected chi connectivity index (χ0v) is 18.4. The lowest BCUT2D eigenvalue weighted by Crippen LogP contribution is -2.41. The molecule has 2 N–H and O–H groups in total. The highest BCUT2D eigenvalue weighted by Gasteiger charge is 2.37. The summed E-state index contributed by atoms with van der Waals surface area (Å²) in [4.78, 5) is 26.2. The molecule has 0 atom stereocenters. The van der Waals surface area contributed by atoms with Gasteiger partial charge in [0.05, 0.1) is 16.4 Å². The molecule has 0 radical (unpaired) electrons. The van der Waals surface area contributed by atoms with E-state index in [2.05, 4.69) is 10.0 Å². The van der Waals surface area contributed by atoms with Gasteiger partial charge in [0, 0.05) is 24.3 Å². The number of carbonyl (C=O) groups is 2. The number of hydrogen-bond donors (Lipinski definition) is 2. The number of amides is 2. The molecule has 8 heteroatoms. The Morgan fingerprint density at radius 1 is 1.00 bits per heavy atom. The molecule has 1 saturated carbocycles. The lowest BCUT2D eigenvalue weighted by Gasteiger charge is -2.29. The highest BCUT2D eigenvalue weighted by atomic mass is 32.2. The summed E-state index contributed by atoms with van der Waals surface area (Å²) in [6.45, 7) is 7.80. The zero-order chi connectivity index (χ0) is 21.3. The normalized spacial score (nSPS) is 22.5. The van der Waals surface area contributed by atoms with Gasteiger partial charge in [-0.15, -0.1) is 0 Å². The predicted octanol–water partition coefficient (Wildman–Crippen LogP) is 2.99. The van der Waals surface area contributed by atoms with Crippen LogP contribution in [0.3, 0.4) is 0 Å². The van der Waals surface area contributed by atoms with Crippen LogP contribution in [0.4, 0.5) is 5.69 Å². The molecule has 1 aromatic carbocycles. The van der Waals surface area contributed by atoms with Crippen molar-refractivity contribution in [2.75, 3.05) is 11.9 Å². The van der Waals surface area contributed by atoms with E-state index in [0.29, 0.717) is 17.0 Å². The molecule has 2 amide bonds. The second-order valence-electron chi connectivity index (χ2n) is 8.64. The van der Waals surface area contributed by atoms with E-state index in [0.717, 1.165) is 37.9 Å². The Balaban J connectivity index is 1.54. The van der Waals surface area contributed by atoms with E-state index in [-0.39, 0.29) is 23.9 Å². The molecule has 0 aromatic heterocycles. The molecule has 0 unspecified atom stereocenters. The Morgan fingerprint density at radius 2 is 1.62 bits per heavy atom. The maximum atomic E-state index is 12.5. The number of imide groups is 1. The summed E-state index contributed by atoms with van der Waals surface area (Å²) in [7, 11) is -3.23. The van der Waals surface area contributed by atoms with Gasteiger partial charge in [0.15, 0.2) is 0 Å². The fraction of sp³-hybridized carbons (Fsp3) is 0.619. The van der Waals surface area contributed by atoms with Crippen molar-refractivity contribution in [3.63, 3.8) is 0 Å². The molecule has 0 spiro atoms. The van der Waals surface area contributed by atoms with Gasteiger partial charge in [-0.2, -0.15) is 0 Å². The number of anilines is 1. The van der Waals surface area contributed by atoms with E-state index in [1.165, 1.54) is 4.90 Å². The minimum absolute atomic E-state index is 0.0179. The predicted molar refractivity (Wildman–Crippen MR) is 114 cm³/mol. The number of carbonyl (C=O) groups excluding carboxylic acids is 2. The topological polar surface area (TPSA) is 95.6 Å². The third-order valence-electron chi connectivity index (χ3n) is 5.83. The van der Waals surface area contributed by atoms with Crippen LogP contribution in [0, 0.1) is 5.92 Å². The van der Waals surface area contributed by atoms with Crippen molar-refractivity contribution >= 4 is 27.5 Å². The molecular weight excluding hydrogens is 390 g/mol. The van der Waals surface area contributed by atoms with Crippen LogP contribution in [0.2, 0.25) is 0 Å². The average molecular weight is 422 g/mol. The summed E-state index contributed by atoms with van der Waals surface area (Å²) < 4.78 is 26.9. The van der Waals surface area contributed by atoms with Crippen LogP contribution in [0.5, 0.6) is 0 Å². The molecule has 3 rings (SSSR count). The number of nitrogens with one attached hydrogen (secondary N) is 2. The highest BCUT2D eigenvalue weighted by Crippen LogP contribution is 2.29. The largest absolute Gasteiger partial charge is 0.385 e. The SMILES string of the molecule is CC(C)N1C(=O)c2ccc(NCC3CCC(NS(=O)(=O)C(C)C)CC3)cc2C1=O. The molecule has 1 aliphatic heterocycles. The second kappa shape index (κ2) is 8.44. The van der Waals surface area contributed by atoms with Gasteiger partial charge in [-0.1, -0.05) is 0 Å². The molecule has 1 heterocycles. The van der Waals surface area contributed by atoms with E-state index in [1.54, 1.807) is 26.0 Å². The summed E-state index contributed by atoms with van der Waals surface area (Å²) >= 11 is 0. The molecule has 29 heavy (non-hydrogen) atoms. The zero-order valence-electron chi connectivity index (χ0n) is 17.6. The molecule has 7 nitrogen and oxygen atoms in total. The van der Waals surface area contributed by atoms with Crippen LogP contribution in [-0.2, 0) is 10.0 Å². The van der Waals surface area contributed by atoms with Gasteiger partial charge >= 0.3 is 0 Å². The van der Waals surface area contributed by atoms with Crippen molar-refractivity contribution in [1.82, 2.24) is 9.62 Å². The van der Waals surface area contributed by atoms with Crippen LogP contribution in [-0.4, -0.2) is 49.0 Å². The van der Waals surface area contributed by atoms with E-state index in [1.807, 2.05) is 19.9 Å². The Hall–Kier alpha value is -1.93. The lowest BCUT2D eigenvalue weighted by molar-refractivity contribution is 0.0609. The third-order valence-corrected chi connectivity index (χ3v) is 7.73. The Labute approximate surface area is 173 Å². The smallest absolute Gasteiger partial charge is 0.261 e. The Morgan fingerprint density at radius 3 is 2.21 bits per heavy atom. The molecule has 1 aromatic rings. The van der Waals surface area contributed by atoms with Crippen molar-refractivity contribution in [3.05, 3.63) is 29.3 Å². The number of sulfonamides is 1. The van der Waals surface area contributed by atoms with E-state index in [4.69, 9.17) is 0 Å². The first kappa shape index (κ1) is 21.8. The van der Waals surface area contributed by atoms with Crippen LogP contribution >= 0.6 is 0 Å². The van der Waals surface area contributed by atoms with E-state index < -0.39 is 15.3 Å². The summed E-state index contributed by atoms with van der Waals surface area (Å²) in [5.41, 5.74) is 1.76. The van der Waals surface area contributed by atoms with Crippen LogP contribution in [0.25, 0.3) is 0 Å². The van der Waals surface area contributed by atoms with Gasteiger partial charge in [-0.05, 0) is 77.5 Å². The number of benzene rings is 1. The molecule has 160 valence electrons. The molecule has 2 aliphatic rings. The summed E-state index contributed by atoms with van der Waals surface area (Å²) in [5.74, 6) is -0.0112. The molecule has 1 aliphatic carbocycles. The van der Waals surface area contributed by atoms with Gasteiger partial charge in [0.1, 0.15) is 0 Å².